The second-order valence-corrected chi connectivity index (χ2v) is 3.97. The van der Waals surface area contributed by atoms with Crippen molar-refractivity contribution < 1.29 is 14.3 Å². The molecule has 0 fully saturated rings. The molecule has 1 aromatic rings. The fourth-order valence-corrected chi connectivity index (χ4v) is 1.51. The maximum atomic E-state index is 11.9. The average molecular weight is 271 g/mol. The number of benzene rings is 1. The van der Waals surface area contributed by atoms with Gasteiger partial charge in [0, 0.05) is 17.3 Å². The van der Waals surface area contributed by atoms with E-state index in [0.717, 1.165) is 0 Å². The van der Waals surface area contributed by atoms with Crippen molar-refractivity contribution in [3.8, 4) is 0 Å². The number of hydrogen-bond acceptors (Lipinski definition) is 3. The van der Waals surface area contributed by atoms with Crippen molar-refractivity contribution >= 4 is 29.3 Å². The summed E-state index contributed by atoms with van der Waals surface area (Å²) in [6, 6.07) is 6.42. The Labute approximate surface area is 111 Å². The van der Waals surface area contributed by atoms with E-state index in [9.17, 15) is 9.59 Å². The number of carbonyl (C=O) groups is 2. The Morgan fingerprint density at radius 1 is 1.44 bits per heavy atom. The van der Waals surface area contributed by atoms with E-state index in [1.54, 1.807) is 31.2 Å². The first-order valence-corrected chi connectivity index (χ1v) is 5.83. The zero-order chi connectivity index (χ0) is 13.5. The molecule has 0 aromatic heterocycles. The van der Waals surface area contributed by atoms with Gasteiger partial charge in [0.1, 0.15) is 6.54 Å². The summed E-state index contributed by atoms with van der Waals surface area (Å²) >= 11 is 5.81. The summed E-state index contributed by atoms with van der Waals surface area (Å²) in [4.78, 5) is 24.3. The second kappa shape index (κ2) is 6.86. The zero-order valence-electron chi connectivity index (χ0n) is 10.3. The summed E-state index contributed by atoms with van der Waals surface area (Å²) in [5.41, 5.74) is 0.579. The van der Waals surface area contributed by atoms with Crippen LogP contribution in [0.15, 0.2) is 24.3 Å². The number of esters is 1. The van der Waals surface area contributed by atoms with Crippen LogP contribution >= 0.6 is 11.6 Å². The molecule has 6 heteroatoms. The van der Waals surface area contributed by atoms with Gasteiger partial charge in [0.15, 0.2) is 0 Å². The number of halogens is 1. The van der Waals surface area contributed by atoms with Crippen molar-refractivity contribution in [1.82, 2.24) is 4.90 Å². The molecule has 0 atom stereocenters. The first-order chi connectivity index (χ1) is 8.56. The lowest BCUT2D eigenvalue weighted by Crippen LogP contribution is -2.38. The van der Waals surface area contributed by atoms with E-state index in [0.29, 0.717) is 17.3 Å². The minimum absolute atomic E-state index is 0.0839. The first-order valence-electron chi connectivity index (χ1n) is 5.45. The van der Waals surface area contributed by atoms with Crippen molar-refractivity contribution in [3.05, 3.63) is 29.3 Å². The summed E-state index contributed by atoms with van der Waals surface area (Å²) in [5, 5.41) is 3.19. The fraction of sp³-hybridized carbons (Fsp3) is 0.333. The largest absolute Gasteiger partial charge is 0.468 e. The van der Waals surface area contributed by atoms with Gasteiger partial charge in [-0.25, -0.2) is 4.79 Å². The lowest BCUT2D eigenvalue weighted by atomic mass is 10.3. The monoisotopic (exact) mass is 270 g/mol. The Kier molecular flexibility index (Phi) is 5.45. The summed E-state index contributed by atoms with van der Waals surface area (Å²) in [7, 11) is 1.28. The topological polar surface area (TPSA) is 58.6 Å². The molecule has 1 aromatic carbocycles. The van der Waals surface area contributed by atoms with Gasteiger partial charge in [0.2, 0.25) is 0 Å². The first kappa shape index (κ1) is 14.3. The lowest BCUT2D eigenvalue weighted by molar-refractivity contribution is -0.141. The van der Waals surface area contributed by atoms with Crippen molar-refractivity contribution in [2.24, 2.45) is 0 Å². The van der Waals surface area contributed by atoms with Gasteiger partial charge in [0.05, 0.1) is 7.11 Å². The van der Waals surface area contributed by atoms with Crippen LogP contribution in [0.5, 0.6) is 0 Å². The second-order valence-electron chi connectivity index (χ2n) is 3.53. The highest BCUT2D eigenvalue weighted by Crippen LogP contribution is 2.15. The van der Waals surface area contributed by atoms with E-state index < -0.39 is 5.97 Å². The van der Waals surface area contributed by atoms with Crippen molar-refractivity contribution in [1.29, 1.82) is 0 Å². The molecule has 0 aliphatic carbocycles. The molecular weight excluding hydrogens is 256 g/mol. The summed E-state index contributed by atoms with van der Waals surface area (Å²) in [6.45, 7) is 2.10. The van der Waals surface area contributed by atoms with E-state index in [-0.39, 0.29) is 12.6 Å². The van der Waals surface area contributed by atoms with E-state index in [4.69, 9.17) is 11.6 Å². The van der Waals surface area contributed by atoms with Crippen LogP contribution in [0.3, 0.4) is 0 Å². The molecule has 0 saturated heterocycles. The fourth-order valence-electron chi connectivity index (χ4n) is 1.32. The van der Waals surface area contributed by atoms with E-state index in [1.165, 1.54) is 12.0 Å². The number of nitrogens with one attached hydrogen (secondary N) is 1. The third kappa shape index (κ3) is 4.25. The maximum absolute atomic E-state index is 11.9. The standard InChI is InChI=1S/C12H15ClN2O3/c1-3-15(8-11(16)18-2)12(17)14-10-6-4-5-9(13)7-10/h4-7H,3,8H2,1-2H3,(H,14,17). The number of nitrogens with zero attached hydrogens (tertiary/aromatic N) is 1. The highest BCUT2D eigenvalue weighted by molar-refractivity contribution is 6.30. The molecule has 0 saturated carbocycles. The van der Waals surface area contributed by atoms with Crippen LogP contribution in [-0.2, 0) is 9.53 Å². The number of methoxy groups -OCH3 is 1. The Bertz CT molecular complexity index is 437. The maximum Gasteiger partial charge on any atom is 0.325 e. The van der Waals surface area contributed by atoms with Gasteiger partial charge < -0.3 is 15.0 Å². The normalized spacial score (nSPS) is 9.72. The molecule has 0 unspecified atom stereocenters. The zero-order valence-corrected chi connectivity index (χ0v) is 11.0. The van der Waals surface area contributed by atoms with Gasteiger partial charge in [-0.15, -0.1) is 0 Å². The average Bonchev–Trinajstić information content (AvgIpc) is 2.35. The van der Waals surface area contributed by atoms with Crippen LogP contribution in [0.25, 0.3) is 0 Å². The van der Waals surface area contributed by atoms with Gasteiger partial charge in [-0.3, -0.25) is 4.79 Å². The molecule has 0 heterocycles. The Hall–Kier alpha value is -1.75. The number of rotatable bonds is 4. The molecule has 98 valence electrons. The SMILES string of the molecule is CCN(CC(=O)OC)C(=O)Nc1cccc(Cl)c1. The molecule has 1 N–H and O–H groups in total. The van der Waals surface area contributed by atoms with Gasteiger partial charge in [-0.2, -0.15) is 0 Å². The van der Waals surface area contributed by atoms with E-state index in [2.05, 4.69) is 10.1 Å². The van der Waals surface area contributed by atoms with Crippen molar-refractivity contribution in [2.75, 3.05) is 25.5 Å². The molecular formula is C12H15ClN2O3. The molecule has 5 nitrogen and oxygen atoms in total. The number of hydrogen-bond donors (Lipinski definition) is 1. The summed E-state index contributed by atoms with van der Waals surface area (Å²) < 4.78 is 4.52. The summed E-state index contributed by atoms with van der Waals surface area (Å²) in [6.07, 6.45) is 0. The quantitative estimate of drug-likeness (QED) is 0.855. The third-order valence-electron chi connectivity index (χ3n) is 2.29. The van der Waals surface area contributed by atoms with Gasteiger partial charge in [0.25, 0.3) is 0 Å². The van der Waals surface area contributed by atoms with Crippen LogP contribution in [0.4, 0.5) is 10.5 Å². The van der Waals surface area contributed by atoms with E-state index >= 15 is 0 Å². The number of carbonyl (C=O) groups excluding carboxylic acids is 2. The van der Waals surface area contributed by atoms with Crippen LogP contribution in [0.2, 0.25) is 5.02 Å². The van der Waals surface area contributed by atoms with Crippen LogP contribution < -0.4 is 5.32 Å². The van der Waals surface area contributed by atoms with Crippen LogP contribution in [0, 0.1) is 0 Å². The van der Waals surface area contributed by atoms with E-state index in [1.807, 2.05) is 0 Å². The van der Waals surface area contributed by atoms with Crippen LogP contribution in [-0.4, -0.2) is 37.1 Å². The predicted octanol–water partition coefficient (Wildman–Crippen LogP) is 2.37. The van der Waals surface area contributed by atoms with Crippen molar-refractivity contribution in [2.45, 2.75) is 6.92 Å². The van der Waals surface area contributed by atoms with Gasteiger partial charge >= 0.3 is 12.0 Å². The lowest BCUT2D eigenvalue weighted by Gasteiger charge is -2.19. The smallest absolute Gasteiger partial charge is 0.325 e. The number of amides is 2. The van der Waals surface area contributed by atoms with Gasteiger partial charge in [-0.05, 0) is 25.1 Å². The van der Waals surface area contributed by atoms with Gasteiger partial charge in [-0.1, -0.05) is 17.7 Å². The number of ether oxygens (including phenoxy) is 1. The number of urea groups is 1. The number of likely N-dealkylation sites (N-methyl/N-ethyl adjacent to an activating group) is 1. The Morgan fingerprint density at radius 3 is 2.72 bits per heavy atom. The van der Waals surface area contributed by atoms with Crippen molar-refractivity contribution in [3.63, 3.8) is 0 Å². The molecule has 2 amide bonds. The highest BCUT2D eigenvalue weighted by Gasteiger charge is 2.15. The molecule has 1 rings (SSSR count). The Morgan fingerprint density at radius 2 is 2.17 bits per heavy atom. The molecule has 0 aliphatic heterocycles. The predicted molar refractivity (Wildman–Crippen MR) is 69.7 cm³/mol. The molecule has 18 heavy (non-hydrogen) atoms. The molecule has 0 bridgehead atoms. The minimum Gasteiger partial charge on any atom is -0.468 e. The molecule has 0 aliphatic rings. The third-order valence-corrected chi connectivity index (χ3v) is 2.53. The number of anilines is 1. The Balaban J connectivity index is 2.65. The van der Waals surface area contributed by atoms with Crippen LogP contribution in [0.1, 0.15) is 6.92 Å². The molecule has 0 radical (unpaired) electrons. The highest BCUT2D eigenvalue weighted by atomic mass is 35.5. The summed E-state index contributed by atoms with van der Waals surface area (Å²) in [5.74, 6) is -0.460. The molecule has 0 spiro atoms. The minimum atomic E-state index is -0.460.